The van der Waals surface area contributed by atoms with Gasteiger partial charge >= 0.3 is 35.8 Å². The van der Waals surface area contributed by atoms with E-state index < -0.39 is 35.8 Å². The molecule has 0 amide bonds. The van der Waals surface area contributed by atoms with Crippen LogP contribution in [0.3, 0.4) is 0 Å². The van der Waals surface area contributed by atoms with Crippen molar-refractivity contribution < 1.29 is 125 Å². The fraction of sp³-hybridized carbons (Fsp3) is 0.800. The van der Waals surface area contributed by atoms with Crippen LogP contribution < -0.4 is 0 Å². The molecule has 0 spiro atoms. The van der Waals surface area contributed by atoms with Crippen LogP contribution in [0.25, 0.3) is 0 Å². The summed E-state index contributed by atoms with van der Waals surface area (Å²) in [5, 5.41) is 50.1. The summed E-state index contributed by atoms with van der Waals surface area (Å²) in [6.45, 7) is 0. The Morgan fingerprint density at radius 3 is 0.409 bits per heavy atom. The molecule has 12 nitrogen and oxygen atoms in total. The minimum absolute atomic E-state index is 0. The minimum atomic E-state index is -0.740. The molecule has 0 aromatic rings. The Kier molecular flexibility index (Phi) is 50.2. The first-order chi connectivity index (χ1) is 19.9. The second kappa shape index (κ2) is 42.0. The molecule has 0 aliphatic carbocycles. The number of aliphatic carboxylic acids is 6. The van der Waals surface area contributed by atoms with Crippen LogP contribution in [0.15, 0.2) is 0 Å². The van der Waals surface area contributed by atoms with Gasteiger partial charge in [-0.15, -0.1) is 0 Å². The fourth-order valence-corrected chi connectivity index (χ4v) is 3.78. The molecule has 0 bridgehead atoms. The standard InChI is InChI=1S/3C10H18O4.2Y/c3*11-9(12)7-5-3-1-2-4-6-8-10(13)14;;/h3*1-8H2,(H,11,12)(H,13,14);;. The zero-order chi connectivity index (χ0) is 32.4. The van der Waals surface area contributed by atoms with Gasteiger partial charge in [0.2, 0.25) is 0 Å². The van der Waals surface area contributed by atoms with E-state index in [4.69, 9.17) is 30.6 Å². The molecular weight excluding hydrogens is 730 g/mol. The maximum Gasteiger partial charge on any atom is 0.303 e. The van der Waals surface area contributed by atoms with Gasteiger partial charge < -0.3 is 30.6 Å². The monoisotopic (exact) mass is 784 g/mol. The van der Waals surface area contributed by atoms with Crippen molar-refractivity contribution in [3.8, 4) is 0 Å². The van der Waals surface area contributed by atoms with Crippen molar-refractivity contribution in [2.24, 2.45) is 0 Å². The summed E-state index contributed by atoms with van der Waals surface area (Å²) in [6, 6.07) is 0. The van der Waals surface area contributed by atoms with Crippen molar-refractivity contribution in [3.05, 3.63) is 0 Å². The van der Waals surface area contributed by atoms with E-state index in [2.05, 4.69) is 0 Å². The normalized spacial score (nSPS) is 9.55. The topological polar surface area (TPSA) is 224 Å². The van der Waals surface area contributed by atoms with Crippen LogP contribution in [0.4, 0.5) is 0 Å². The van der Waals surface area contributed by atoms with E-state index in [0.717, 1.165) is 116 Å². The largest absolute Gasteiger partial charge is 0.481 e. The number of hydrogen-bond acceptors (Lipinski definition) is 6. The molecule has 0 rings (SSSR count). The van der Waals surface area contributed by atoms with Gasteiger partial charge in [-0.2, -0.15) is 0 Å². The molecule has 0 aliphatic heterocycles. The second-order valence-electron chi connectivity index (χ2n) is 10.2. The molecule has 6 N–H and O–H groups in total. The molecule has 0 unspecified atom stereocenters. The Balaban J connectivity index is -0.000000169. The van der Waals surface area contributed by atoms with Crippen LogP contribution in [0.1, 0.15) is 154 Å². The average molecular weight is 785 g/mol. The molecule has 0 heterocycles. The van der Waals surface area contributed by atoms with Crippen molar-refractivity contribution in [2.45, 2.75) is 154 Å². The predicted molar refractivity (Wildman–Crippen MR) is 157 cm³/mol. The van der Waals surface area contributed by atoms with Gasteiger partial charge in [0.25, 0.3) is 0 Å². The predicted octanol–water partition coefficient (Wildman–Crippen LogP) is 6.82. The van der Waals surface area contributed by atoms with Gasteiger partial charge in [0.05, 0.1) is 0 Å². The first-order valence-electron chi connectivity index (χ1n) is 15.2. The van der Waals surface area contributed by atoms with Crippen LogP contribution in [0.2, 0.25) is 0 Å². The van der Waals surface area contributed by atoms with Crippen LogP contribution >= 0.6 is 0 Å². The third-order valence-electron chi connectivity index (χ3n) is 6.09. The molecule has 0 aromatic heterocycles. The zero-order valence-electron chi connectivity index (χ0n) is 26.3. The maximum absolute atomic E-state index is 10.1. The molecule has 0 aromatic carbocycles. The van der Waals surface area contributed by atoms with E-state index in [1.807, 2.05) is 0 Å². The van der Waals surface area contributed by atoms with Crippen molar-refractivity contribution in [1.29, 1.82) is 0 Å². The van der Waals surface area contributed by atoms with Gasteiger partial charge in [0.15, 0.2) is 0 Å². The van der Waals surface area contributed by atoms with E-state index in [9.17, 15) is 28.8 Å². The zero-order valence-corrected chi connectivity index (χ0v) is 31.9. The first kappa shape index (κ1) is 52.6. The quantitative estimate of drug-likeness (QED) is 0.0472. The van der Waals surface area contributed by atoms with E-state index in [1.165, 1.54) is 0 Å². The minimum Gasteiger partial charge on any atom is -0.481 e. The number of carboxylic acids is 6. The Bertz CT molecular complexity index is 578. The van der Waals surface area contributed by atoms with Crippen molar-refractivity contribution in [1.82, 2.24) is 0 Å². The van der Waals surface area contributed by atoms with Gasteiger partial charge in [-0.05, 0) is 38.5 Å². The molecule has 0 fully saturated rings. The summed E-state index contributed by atoms with van der Waals surface area (Å²) < 4.78 is 0. The van der Waals surface area contributed by atoms with Crippen LogP contribution in [0.5, 0.6) is 0 Å². The third-order valence-corrected chi connectivity index (χ3v) is 6.09. The van der Waals surface area contributed by atoms with Crippen molar-refractivity contribution in [2.75, 3.05) is 0 Å². The molecule has 44 heavy (non-hydrogen) atoms. The summed E-state index contributed by atoms with van der Waals surface area (Å²) >= 11 is 0. The number of hydrogen-bond donors (Lipinski definition) is 6. The van der Waals surface area contributed by atoms with Crippen LogP contribution in [-0.4, -0.2) is 66.5 Å². The number of carbonyl (C=O) groups is 6. The Morgan fingerprint density at radius 1 is 0.227 bits per heavy atom. The van der Waals surface area contributed by atoms with Gasteiger partial charge in [-0.3, -0.25) is 28.8 Å². The summed E-state index contributed by atoms with van der Waals surface area (Å²) in [5.74, 6) is -4.44. The number of unbranched alkanes of at least 4 members (excludes halogenated alkanes) is 15. The third kappa shape index (κ3) is 64.1. The van der Waals surface area contributed by atoms with Crippen LogP contribution in [0, 0.1) is 0 Å². The molecule has 2 radical (unpaired) electrons. The summed E-state index contributed by atoms with van der Waals surface area (Å²) in [4.78, 5) is 60.9. The second-order valence-corrected chi connectivity index (χ2v) is 10.2. The SMILES string of the molecule is O=C(O)CCCCCCCCC(=O)O.O=C(O)CCCCCCCCC(=O)O.O=C(O)CCCCCCCCC(=O)O.[Y].[Y]. The molecule has 0 atom stereocenters. The molecule has 0 saturated heterocycles. The van der Waals surface area contributed by atoms with Crippen molar-refractivity contribution >= 4 is 35.8 Å². The van der Waals surface area contributed by atoms with Crippen molar-refractivity contribution in [3.63, 3.8) is 0 Å². The molecule has 252 valence electrons. The van der Waals surface area contributed by atoms with E-state index >= 15 is 0 Å². The number of rotatable bonds is 27. The smallest absolute Gasteiger partial charge is 0.303 e. The number of carboxylic acid groups (broad SMARTS) is 6. The van der Waals surface area contributed by atoms with E-state index in [1.54, 1.807) is 0 Å². The Hall–Kier alpha value is -0.972. The van der Waals surface area contributed by atoms with E-state index in [-0.39, 0.29) is 104 Å². The Labute approximate surface area is 312 Å². The molecule has 14 heteroatoms. The summed E-state index contributed by atoms with van der Waals surface area (Å²) in [6.07, 6.45) is 17.5. The summed E-state index contributed by atoms with van der Waals surface area (Å²) in [5.41, 5.74) is 0. The van der Waals surface area contributed by atoms with Crippen LogP contribution in [-0.2, 0) is 94.2 Å². The molecule has 0 saturated carbocycles. The van der Waals surface area contributed by atoms with Gasteiger partial charge in [-0.25, -0.2) is 0 Å². The van der Waals surface area contributed by atoms with Gasteiger partial charge in [-0.1, -0.05) is 77.0 Å². The van der Waals surface area contributed by atoms with E-state index in [0.29, 0.717) is 0 Å². The molecule has 0 aliphatic rings. The Morgan fingerprint density at radius 2 is 0.318 bits per heavy atom. The fourth-order valence-electron chi connectivity index (χ4n) is 3.78. The summed E-state index contributed by atoms with van der Waals surface area (Å²) in [7, 11) is 0. The first-order valence-corrected chi connectivity index (χ1v) is 15.2. The maximum atomic E-state index is 10.1. The average Bonchev–Trinajstić information content (AvgIpc) is 2.88. The molecular formula is C30H54O12Y2. The van der Waals surface area contributed by atoms with Gasteiger partial charge in [0.1, 0.15) is 0 Å². The van der Waals surface area contributed by atoms with Gasteiger partial charge in [0, 0.05) is 104 Å².